The minimum Gasteiger partial charge on any atom is -0.352 e. The fourth-order valence-electron chi connectivity index (χ4n) is 3.53. The number of hydrogen-bond donors (Lipinski definition) is 0. The average Bonchev–Trinajstić information content (AvgIpc) is 2.98. The molecule has 8 heteroatoms. The number of rotatable bonds is 3. The van der Waals surface area contributed by atoms with Crippen LogP contribution in [0.3, 0.4) is 0 Å². The molecule has 1 saturated heterocycles. The van der Waals surface area contributed by atoms with Crippen molar-refractivity contribution in [2.75, 3.05) is 37.6 Å². The lowest BCUT2D eigenvalue weighted by Gasteiger charge is -2.34. The van der Waals surface area contributed by atoms with Crippen LogP contribution in [0.5, 0.6) is 0 Å². The summed E-state index contributed by atoms with van der Waals surface area (Å²) in [4.78, 5) is 19.1. The Balaban J connectivity index is 0.00000210. The normalized spacial score (nSPS) is 15.2. The second-order valence-electron chi connectivity index (χ2n) is 6.66. The van der Waals surface area contributed by atoms with Crippen LogP contribution >= 0.6 is 24.0 Å². The molecule has 27 heavy (non-hydrogen) atoms. The Bertz CT molecular complexity index is 947. The number of fused-ring (bicyclic) bond motifs is 1. The monoisotopic (exact) mass is 406 g/mol. The van der Waals surface area contributed by atoms with Gasteiger partial charge in [0, 0.05) is 38.8 Å². The molecule has 1 aliphatic heterocycles. The molecule has 0 aliphatic carbocycles. The van der Waals surface area contributed by atoms with Crippen LogP contribution in [0, 0.1) is 6.92 Å². The summed E-state index contributed by atoms with van der Waals surface area (Å²) in [6.45, 7) is 9.24. The lowest BCUT2D eigenvalue weighted by Crippen LogP contribution is -2.46. The van der Waals surface area contributed by atoms with E-state index in [1.807, 2.05) is 42.8 Å². The maximum Gasteiger partial charge on any atom is 0.165 e. The number of halogens is 2. The molecule has 4 rings (SSSR count). The maximum atomic E-state index is 6.40. The van der Waals surface area contributed by atoms with Gasteiger partial charge in [-0.05, 0) is 25.6 Å². The second-order valence-corrected chi connectivity index (χ2v) is 7.07. The van der Waals surface area contributed by atoms with Gasteiger partial charge in [-0.1, -0.05) is 30.7 Å². The first kappa shape index (κ1) is 19.9. The number of likely N-dealkylation sites (N-methyl/N-ethyl adjacent to an activating group) is 1. The van der Waals surface area contributed by atoms with Gasteiger partial charge in [0.05, 0.1) is 5.02 Å². The van der Waals surface area contributed by atoms with Crippen LogP contribution in [-0.2, 0) is 7.05 Å². The van der Waals surface area contributed by atoms with Gasteiger partial charge >= 0.3 is 0 Å². The zero-order valence-corrected chi connectivity index (χ0v) is 17.4. The van der Waals surface area contributed by atoms with Crippen LogP contribution in [-0.4, -0.2) is 57.1 Å². The number of imidazole rings is 1. The van der Waals surface area contributed by atoms with Crippen LogP contribution in [0.4, 0.5) is 5.82 Å². The molecule has 0 radical (unpaired) electrons. The number of aryl methyl sites for hydroxylation is 2. The quantitative estimate of drug-likeness (QED) is 0.665. The van der Waals surface area contributed by atoms with E-state index in [0.717, 1.165) is 66.9 Å². The molecule has 1 aliphatic rings. The first-order valence-electron chi connectivity index (χ1n) is 9.01. The maximum absolute atomic E-state index is 6.40. The minimum atomic E-state index is 0. The van der Waals surface area contributed by atoms with E-state index in [-0.39, 0.29) is 12.4 Å². The Morgan fingerprint density at radius 2 is 1.74 bits per heavy atom. The molecule has 2 aromatic heterocycles. The molecule has 0 unspecified atom stereocenters. The molecular weight excluding hydrogens is 383 g/mol. The molecule has 0 amide bonds. The molecule has 0 atom stereocenters. The summed E-state index contributed by atoms with van der Waals surface area (Å²) in [6.07, 6.45) is 0. The standard InChI is InChI=1S/C19H23ClN6.ClH/c1-4-25-9-11-26(12-10-25)19-16-18(21-13(2)22-19)24(3)17(23-16)14-7-5-6-8-15(14)20;/h5-8H,4,9-12H2,1-3H3;1H. The largest absolute Gasteiger partial charge is 0.352 e. The molecule has 6 nitrogen and oxygen atoms in total. The summed E-state index contributed by atoms with van der Waals surface area (Å²) >= 11 is 6.40. The summed E-state index contributed by atoms with van der Waals surface area (Å²) < 4.78 is 2.01. The molecule has 3 heterocycles. The molecule has 0 bridgehead atoms. The summed E-state index contributed by atoms with van der Waals surface area (Å²) in [5.41, 5.74) is 2.60. The third-order valence-electron chi connectivity index (χ3n) is 5.05. The van der Waals surface area contributed by atoms with E-state index < -0.39 is 0 Å². The van der Waals surface area contributed by atoms with E-state index in [9.17, 15) is 0 Å². The number of anilines is 1. The van der Waals surface area contributed by atoms with Gasteiger partial charge in [-0.3, -0.25) is 0 Å². The third kappa shape index (κ3) is 3.61. The SMILES string of the molecule is CCN1CCN(c2nc(C)nc3c2nc(-c2ccccc2Cl)n3C)CC1.Cl. The van der Waals surface area contributed by atoms with Gasteiger partial charge < -0.3 is 14.4 Å². The van der Waals surface area contributed by atoms with Crippen molar-refractivity contribution in [3.8, 4) is 11.4 Å². The third-order valence-corrected chi connectivity index (χ3v) is 5.38. The molecule has 144 valence electrons. The van der Waals surface area contributed by atoms with Crippen molar-refractivity contribution in [3.63, 3.8) is 0 Å². The van der Waals surface area contributed by atoms with Gasteiger partial charge in [-0.15, -0.1) is 12.4 Å². The van der Waals surface area contributed by atoms with Crippen molar-refractivity contribution in [2.24, 2.45) is 7.05 Å². The van der Waals surface area contributed by atoms with Crippen molar-refractivity contribution in [2.45, 2.75) is 13.8 Å². The second kappa shape index (κ2) is 8.00. The smallest absolute Gasteiger partial charge is 0.165 e. The molecular formula is C19H24Cl2N6. The fraction of sp³-hybridized carbons (Fsp3) is 0.421. The van der Waals surface area contributed by atoms with Gasteiger partial charge in [-0.2, -0.15) is 0 Å². The molecule has 1 aromatic carbocycles. The summed E-state index contributed by atoms with van der Waals surface area (Å²) in [5.74, 6) is 2.51. The Morgan fingerprint density at radius 3 is 2.41 bits per heavy atom. The molecule has 1 fully saturated rings. The van der Waals surface area contributed by atoms with Crippen LogP contribution in [0.1, 0.15) is 12.7 Å². The molecule has 0 N–H and O–H groups in total. The number of hydrogen-bond acceptors (Lipinski definition) is 5. The first-order chi connectivity index (χ1) is 12.6. The van der Waals surface area contributed by atoms with E-state index >= 15 is 0 Å². The van der Waals surface area contributed by atoms with E-state index in [2.05, 4.69) is 21.7 Å². The first-order valence-corrected chi connectivity index (χ1v) is 9.39. The van der Waals surface area contributed by atoms with Gasteiger partial charge in [0.1, 0.15) is 11.6 Å². The van der Waals surface area contributed by atoms with E-state index in [1.165, 1.54) is 0 Å². The van der Waals surface area contributed by atoms with Gasteiger partial charge in [0.25, 0.3) is 0 Å². The number of nitrogens with zero attached hydrogens (tertiary/aromatic N) is 6. The zero-order valence-electron chi connectivity index (χ0n) is 15.8. The number of benzene rings is 1. The zero-order chi connectivity index (χ0) is 18.3. The van der Waals surface area contributed by atoms with E-state index in [1.54, 1.807) is 0 Å². The number of piperazine rings is 1. The highest BCUT2D eigenvalue weighted by atomic mass is 35.5. The summed E-state index contributed by atoms with van der Waals surface area (Å²) in [5, 5.41) is 0.689. The highest BCUT2D eigenvalue weighted by molar-refractivity contribution is 6.33. The van der Waals surface area contributed by atoms with Crippen LogP contribution in [0.2, 0.25) is 5.02 Å². The Morgan fingerprint density at radius 1 is 1.04 bits per heavy atom. The minimum absolute atomic E-state index is 0. The van der Waals surface area contributed by atoms with Crippen LogP contribution < -0.4 is 4.90 Å². The van der Waals surface area contributed by atoms with E-state index in [0.29, 0.717) is 5.02 Å². The van der Waals surface area contributed by atoms with Gasteiger partial charge in [0.15, 0.2) is 17.0 Å². The number of aromatic nitrogens is 4. The average molecular weight is 407 g/mol. The Hall–Kier alpha value is -1.89. The summed E-state index contributed by atoms with van der Waals surface area (Å²) in [6, 6.07) is 7.78. The van der Waals surface area contributed by atoms with Crippen molar-refractivity contribution in [1.82, 2.24) is 24.4 Å². The van der Waals surface area contributed by atoms with Gasteiger partial charge in [-0.25, -0.2) is 15.0 Å². The lowest BCUT2D eigenvalue weighted by molar-refractivity contribution is 0.270. The van der Waals surface area contributed by atoms with Crippen molar-refractivity contribution < 1.29 is 0 Å². The van der Waals surface area contributed by atoms with Crippen LogP contribution in [0.15, 0.2) is 24.3 Å². The van der Waals surface area contributed by atoms with E-state index in [4.69, 9.17) is 21.6 Å². The molecule has 0 saturated carbocycles. The van der Waals surface area contributed by atoms with Gasteiger partial charge in [0.2, 0.25) is 0 Å². The topological polar surface area (TPSA) is 50.1 Å². The Labute approximate surface area is 170 Å². The highest BCUT2D eigenvalue weighted by Crippen LogP contribution is 2.32. The molecule has 3 aromatic rings. The molecule has 0 spiro atoms. The van der Waals surface area contributed by atoms with Crippen molar-refractivity contribution in [3.05, 3.63) is 35.1 Å². The van der Waals surface area contributed by atoms with Crippen molar-refractivity contribution >= 4 is 41.0 Å². The van der Waals surface area contributed by atoms with Crippen LogP contribution in [0.25, 0.3) is 22.6 Å². The lowest BCUT2D eigenvalue weighted by atomic mass is 10.2. The predicted octanol–water partition coefficient (Wildman–Crippen LogP) is 3.56. The summed E-state index contributed by atoms with van der Waals surface area (Å²) in [7, 11) is 1.99. The predicted molar refractivity (Wildman–Crippen MR) is 113 cm³/mol. The Kier molecular flexibility index (Phi) is 5.89. The fourth-order valence-corrected chi connectivity index (χ4v) is 3.75. The highest BCUT2D eigenvalue weighted by Gasteiger charge is 2.23. The van der Waals surface area contributed by atoms with Crippen molar-refractivity contribution in [1.29, 1.82) is 0 Å².